The molecule has 0 N–H and O–H groups in total. The molecule has 3 aliphatic rings. The Labute approximate surface area is 191 Å². The average molecular weight is 451 g/mol. The minimum absolute atomic E-state index is 0.0753. The van der Waals surface area contributed by atoms with Crippen molar-refractivity contribution in [3.63, 3.8) is 0 Å². The van der Waals surface area contributed by atoms with Gasteiger partial charge in [0, 0.05) is 31.2 Å². The minimum atomic E-state index is -1.04. The van der Waals surface area contributed by atoms with Gasteiger partial charge in [0.15, 0.2) is 5.60 Å². The molecule has 32 heavy (non-hydrogen) atoms. The number of Topliss-reactive ketones (excluding diaryl/α,β-unsaturated/α-hetero) is 1. The van der Waals surface area contributed by atoms with Crippen LogP contribution < -0.4 is 0 Å². The van der Waals surface area contributed by atoms with Crippen LogP contribution in [0.15, 0.2) is 4.99 Å². The molecule has 3 rings (SSSR count). The maximum Gasteiger partial charge on any atom is 0.410 e. The number of hydrogen-bond donors (Lipinski definition) is 0. The van der Waals surface area contributed by atoms with E-state index < -0.39 is 29.7 Å². The van der Waals surface area contributed by atoms with E-state index in [4.69, 9.17) is 19.2 Å². The van der Waals surface area contributed by atoms with Gasteiger partial charge in [-0.1, -0.05) is 27.7 Å². The van der Waals surface area contributed by atoms with Crippen LogP contribution in [0, 0.1) is 23.7 Å². The number of carbonyl (C=O) groups is 3. The average Bonchev–Trinajstić information content (AvgIpc) is 2.89. The fourth-order valence-corrected chi connectivity index (χ4v) is 5.89. The van der Waals surface area contributed by atoms with Crippen LogP contribution in [0.25, 0.3) is 0 Å². The zero-order chi connectivity index (χ0) is 23.8. The molecule has 2 fully saturated rings. The third-order valence-corrected chi connectivity index (χ3v) is 7.65. The van der Waals surface area contributed by atoms with E-state index in [2.05, 4.69) is 13.8 Å². The van der Waals surface area contributed by atoms with Gasteiger partial charge in [-0.3, -0.25) is 19.5 Å². The molecule has 2 saturated heterocycles. The summed E-state index contributed by atoms with van der Waals surface area (Å²) in [5.74, 6) is -1.92. The fourth-order valence-electron chi connectivity index (χ4n) is 5.89. The molecule has 8 heteroatoms. The Morgan fingerprint density at radius 1 is 1.12 bits per heavy atom. The Balaban J connectivity index is 2.07. The van der Waals surface area contributed by atoms with Gasteiger partial charge in [0.25, 0.3) is 0 Å². The maximum atomic E-state index is 13.0. The summed E-state index contributed by atoms with van der Waals surface area (Å²) >= 11 is 0. The number of carbonyl (C=O) groups excluding carboxylic acids is 3. The van der Waals surface area contributed by atoms with Crippen molar-refractivity contribution in [1.82, 2.24) is 4.90 Å². The van der Waals surface area contributed by atoms with Crippen molar-refractivity contribution < 1.29 is 28.6 Å². The molecule has 8 nitrogen and oxygen atoms in total. The maximum absolute atomic E-state index is 13.0. The van der Waals surface area contributed by atoms with Gasteiger partial charge in [0.2, 0.25) is 0 Å². The molecule has 1 amide bonds. The number of amides is 1. The topological polar surface area (TPSA) is 94.5 Å². The molecule has 0 aromatic rings. The van der Waals surface area contributed by atoms with Crippen LogP contribution in [0.2, 0.25) is 0 Å². The first-order chi connectivity index (χ1) is 15.0. The third-order valence-electron chi connectivity index (χ3n) is 7.65. The second-order valence-electron chi connectivity index (χ2n) is 9.87. The van der Waals surface area contributed by atoms with E-state index in [1.165, 1.54) is 0 Å². The van der Waals surface area contributed by atoms with Crippen LogP contribution in [-0.4, -0.2) is 72.5 Å². The molecule has 0 radical (unpaired) electrons. The summed E-state index contributed by atoms with van der Waals surface area (Å²) in [4.78, 5) is 45.4. The first kappa shape index (κ1) is 24.7. The van der Waals surface area contributed by atoms with Gasteiger partial charge in [-0.05, 0) is 39.0 Å². The second-order valence-corrected chi connectivity index (χ2v) is 9.87. The molecule has 3 heterocycles. The molecule has 8 atom stereocenters. The first-order valence-electron chi connectivity index (χ1n) is 11.9. The SMILES string of the molecule is CC[C@H]1OC(=O)[C@H](C)C(=O)[C@H](C)C[C@H](OC)C[C@@H](C)C2=NCCN3C(=O)O[C@@]1(C)[C@H]3[C@H]2C. The second kappa shape index (κ2) is 9.49. The van der Waals surface area contributed by atoms with Gasteiger partial charge < -0.3 is 14.2 Å². The van der Waals surface area contributed by atoms with Crippen molar-refractivity contribution in [3.8, 4) is 0 Å². The lowest BCUT2D eigenvalue weighted by Gasteiger charge is -2.40. The largest absolute Gasteiger partial charge is 0.458 e. The quantitative estimate of drug-likeness (QED) is 0.473. The summed E-state index contributed by atoms with van der Waals surface area (Å²) in [6.45, 7) is 12.4. The highest BCUT2D eigenvalue weighted by molar-refractivity contribution is 5.99. The molecular weight excluding hydrogens is 412 g/mol. The monoisotopic (exact) mass is 450 g/mol. The summed E-state index contributed by atoms with van der Waals surface area (Å²) < 4.78 is 17.5. The number of cyclic esters (lactones) is 1. The normalized spacial score (nSPS) is 41.3. The van der Waals surface area contributed by atoms with E-state index in [9.17, 15) is 14.4 Å². The number of aliphatic imine (C=N–C) groups is 1. The molecular formula is C24H38N2O6. The van der Waals surface area contributed by atoms with Gasteiger partial charge in [-0.15, -0.1) is 0 Å². The van der Waals surface area contributed by atoms with Gasteiger partial charge >= 0.3 is 12.1 Å². The van der Waals surface area contributed by atoms with E-state index in [0.717, 1.165) is 5.71 Å². The number of hydrogen-bond acceptors (Lipinski definition) is 7. The highest BCUT2D eigenvalue weighted by atomic mass is 16.6. The van der Waals surface area contributed by atoms with E-state index in [-0.39, 0.29) is 35.7 Å². The van der Waals surface area contributed by atoms with Crippen LogP contribution in [-0.2, 0) is 23.8 Å². The Morgan fingerprint density at radius 3 is 2.41 bits per heavy atom. The summed E-state index contributed by atoms with van der Waals surface area (Å²) in [5, 5.41) is 0. The smallest absolute Gasteiger partial charge is 0.410 e. The van der Waals surface area contributed by atoms with Crippen LogP contribution in [0.3, 0.4) is 0 Å². The van der Waals surface area contributed by atoms with E-state index >= 15 is 0 Å². The number of fused-ring (bicyclic) bond motifs is 1. The van der Waals surface area contributed by atoms with E-state index in [1.54, 1.807) is 18.9 Å². The van der Waals surface area contributed by atoms with Crippen LogP contribution in [0.5, 0.6) is 0 Å². The number of nitrogens with zero attached hydrogens (tertiary/aromatic N) is 2. The standard InChI is InChI=1S/C24H38N2O6/c1-8-18-24(6)21-15(4)19(25-9-10-26(21)23(29)32-24)13(2)11-17(30-7)12-14(3)20(27)16(5)22(28)31-18/h13-18,21H,8-12H2,1-7H3/t13-,14-,15+,16-,17-,18-,21-,24-/m1/s1. The molecule has 0 unspecified atom stereocenters. The summed E-state index contributed by atoms with van der Waals surface area (Å²) in [6, 6.07) is -0.315. The number of esters is 1. The lowest BCUT2D eigenvalue weighted by molar-refractivity contribution is -0.170. The molecule has 2 bridgehead atoms. The zero-order valence-electron chi connectivity index (χ0n) is 20.4. The Kier molecular flexibility index (Phi) is 7.32. The Bertz CT molecular complexity index is 782. The molecule has 3 aliphatic heterocycles. The number of ether oxygens (including phenoxy) is 3. The van der Waals surface area contributed by atoms with Gasteiger partial charge in [-0.2, -0.15) is 0 Å². The predicted molar refractivity (Wildman–Crippen MR) is 120 cm³/mol. The fraction of sp³-hybridized carbons (Fsp3) is 0.833. The lowest BCUT2D eigenvalue weighted by atomic mass is 9.76. The molecule has 0 aromatic heterocycles. The van der Waals surface area contributed by atoms with Crippen LogP contribution in [0.4, 0.5) is 4.79 Å². The summed E-state index contributed by atoms with van der Waals surface area (Å²) in [7, 11) is 1.65. The predicted octanol–water partition coefficient (Wildman–Crippen LogP) is 3.26. The number of methoxy groups -OCH3 is 1. The van der Waals surface area contributed by atoms with Gasteiger partial charge in [0.1, 0.15) is 17.8 Å². The van der Waals surface area contributed by atoms with Gasteiger partial charge in [-0.25, -0.2) is 4.79 Å². The minimum Gasteiger partial charge on any atom is -0.458 e. The third kappa shape index (κ3) is 4.30. The van der Waals surface area contributed by atoms with Crippen molar-refractivity contribution in [3.05, 3.63) is 0 Å². The van der Waals surface area contributed by atoms with E-state index in [1.807, 2.05) is 20.8 Å². The Morgan fingerprint density at radius 2 is 1.78 bits per heavy atom. The summed E-state index contributed by atoms with van der Waals surface area (Å²) in [6.07, 6.45) is 0.514. The lowest BCUT2D eigenvalue weighted by Crippen LogP contribution is -2.57. The highest BCUT2D eigenvalue weighted by Gasteiger charge is 2.59. The van der Waals surface area contributed by atoms with Crippen molar-refractivity contribution in [1.29, 1.82) is 0 Å². The molecule has 0 aromatic carbocycles. The molecule has 0 spiro atoms. The van der Waals surface area contributed by atoms with Crippen molar-refractivity contribution in [2.75, 3.05) is 20.2 Å². The van der Waals surface area contributed by atoms with Crippen LogP contribution in [0.1, 0.15) is 60.8 Å². The number of ketones is 1. The van der Waals surface area contributed by atoms with Crippen LogP contribution >= 0.6 is 0 Å². The highest BCUT2D eigenvalue weighted by Crippen LogP contribution is 2.42. The van der Waals surface area contributed by atoms with Gasteiger partial charge in [0.05, 0.1) is 18.7 Å². The van der Waals surface area contributed by atoms with Crippen molar-refractivity contribution in [2.24, 2.45) is 28.7 Å². The van der Waals surface area contributed by atoms with Crippen molar-refractivity contribution >= 4 is 23.6 Å². The van der Waals surface area contributed by atoms with E-state index in [0.29, 0.717) is 32.4 Å². The molecule has 180 valence electrons. The molecule has 0 saturated carbocycles. The Hall–Kier alpha value is -1.96. The number of rotatable bonds is 2. The summed E-state index contributed by atoms with van der Waals surface area (Å²) in [5.41, 5.74) is -0.0140. The van der Waals surface area contributed by atoms with Crippen molar-refractivity contribution in [2.45, 2.75) is 84.7 Å². The zero-order valence-corrected chi connectivity index (χ0v) is 20.4. The first-order valence-corrected chi connectivity index (χ1v) is 11.9. The molecule has 0 aliphatic carbocycles.